The van der Waals surface area contributed by atoms with Gasteiger partial charge in [-0.3, -0.25) is 14.2 Å². The molecule has 0 fully saturated rings. The van der Waals surface area contributed by atoms with Crippen LogP contribution in [0.1, 0.15) is 6.92 Å². The second-order valence-corrected chi connectivity index (χ2v) is 8.12. The first-order valence-electron chi connectivity index (χ1n) is 8.91. The van der Waals surface area contributed by atoms with Gasteiger partial charge >= 0.3 is 0 Å². The largest absolute Gasteiger partial charge is 0.383 e. The van der Waals surface area contributed by atoms with E-state index in [2.05, 4.69) is 10.3 Å². The predicted octanol–water partition coefficient (Wildman–Crippen LogP) is 4.09. The topological polar surface area (TPSA) is 73.2 Å². The Labute approximate surface area is 180 Å². The Morgan fingerprint density at radius 1 is 1.30 bits per heavy atom. The van der Waals surface area contributed by atoms with Crippen LogP contribution in [-0.2, 0) is 16.1 Å². The molecule has 1 heterocycles. The van der Waals surface area contributed by atoms with Gasteiger partial charge < -0.3 is 10.1 Å². The van der Waals surface area contributed by atoms with Crippen molar-refractivity contribution in [2.75, 3.05) is 19.0 Å². The highest BCUT2D eigenvalue weighted by Gasteiger charge is 2.20. The lowest BCUT2D eigenvalue weighted by Gasteiger charge is -2.16. The Hall–Kier alpha value is -2.49. The van der Waals surface area contributed by atoms with E-state index >= 15 is 0 Å². The molecule has 1 unspecified atom stereocenters. The highest BCUT2D eigenvalue weighted by Crippen LogP contribution is 2.25. The molecule has 0 saturated heterocycles. The zero-order valence-corrected chi connectivity index (χ0v) is 17.7. The summed E-state index contributed by atoms with van der Waals surface area (Å²) in [4.78, 5) is 29.9. The Balaban J connectivity index is 1.90. The van der Waals surface area contributed by atoms with Crippen molar-refractivity contribution in [1.29, 1.82) is 0 Å². The average molecular weight is 454 g/mol. The second kappa shape index (κ2) is 9.55. The van der Waals surface area contributed by atoms with Crippen molar-refractivity contribution < 1.29 is 18.3 Å². The van der Waals surface area contributed by atoms with Crippen LogP contribution in [0, 0.1) is 11.6 Å². The number of aromatic nitrogens is 2. The van der Waals surface area contributed by atoms with Crippen LogP contribution in [0.3, 0.4) is 0 Å². The summed E-state index contributed by atoms with van der Waals surface area (Å²) in [6.07, 6.45) is 0. The molecule has 158 valence electrons. The van der Waals surface area contributed by atoms with Crippen molar-refractivity contribution in [2.24, 2.45) is 0 Å². The van der Waals surface area contributed by atoms with Crippen LogP contribution in [0.15, 0.2) is 46.3 Å². The number of hydrogen-bond acceptors (Lipinski definition) is 5. The number of amides is 1. The molecule has 6 nitrogen and oxygen atoms in total. The van der Waals surface area contributed by atoms with Gasteiger partial charge in [0, 0.05) is 18.2 Å². The lowest BCUT2D eigenvalue weighted by atomic mass is 10.2. The summed E-state index contributed by atoms with van der Waals surface area (Å²) in [5, 5.41) is 2.81. The quantitative estimate of drug-likeness (QED) is 0.431. The normalized spacial score (nSPS) is 12.2. The van der Waals surface area contributed by atoms with Crippen molar-refractivity contribution in [3.05, 3.63) is 63.4 Å². The summed E-state index contributed by atoms with van der Waals surface area (Å²) >= 11 is 7.05. The van der Waals surface area contributed by atoms with Crippen molar-refractivity contribution in [3.63, 3.8) is 0 Å². The minimum absolute atomic E-state index is 0.135. The maximum absolute atomic E-state index is 13.8. The number of nitrogens with zero attached hydrogens (tertiary/aromatic N) is 2. The number of carbonyl (C=O) groups is 1. The molecule has 2 aromatic carbocycles. The van der Waals surface area contributed by atoms with Gasteiger partial charge in [0.2, 0.25) is 5.91 Å². The average Bonchev–Trinajstić information content (AvgIpc) is 2.69. The van der Waals surface area contributed by atoms with Crippen molar-refractivity contribution in [3.8, 4) is 0 Å². The molecule has 10 heteroatoms. The summed E-state index contributed by atoms with van der Waals surface area (Å²) < 4.78 is 33.4. The van der Waals surface area contributed by atoms with Gasteiger partial charge in [0.25, 0.3) is 5.56 Å². The first-order valence-corrected chi connectivity index (χ1v) is 10.2. The van der Waals surface area contributed by atoms with Crippen LogP contribution < -0.4 is 10.9 Å². The Morgan fingerprint density at radius 2 is 2.07 bits per heavy atom. The maximum atomic E-state index is 13.8. The first kappa shape index (κ1) is 22.2. The highest BCUT2D eigenvalue weighted by molar-refractivity contribution is 8.00. The number of hydrogen-bond donors (Lipinski definition) is 1. The summed E-state index contributed by atoms with van der Waals surface area (Å²) in [6.45, 7) is 2.11. The number of thioether (sulfide) groups is 1. The molecule has 3 aromatic rings. The molecule has 1 aromatic heterocycles. The van der Waals surface area contributed by atoms with Crippen LogP contribution in [0.4, 0.5) is 14.5 Å². The zero-order chi connectivity index (χ0) is 21.8. The molecule has 1 amide bonds. The van der Waals surface area contributed by atoms with Crippen LogP contribution in [-0.4, -0.2) is 34.4 Å². The van der Waals surface area contributed by atoms with E-state index in [0.717, 1.165) is 23.9 Å². The van der Waals surface area contributed by atoms with Crippen LogP contribution in [0.5, 0.6) is 0 Å². The fourth-order valence-corrected chi connectivity index (χ4v) is 3.78. The van der Waals surface area contributed by atoms with E-state index in [1.807, 2.05) is 0 Å². The smallest absolute Gasteiger partial charge is 0.262 e. The van der Waals surface area contributed by atoms with Crippen LogP contribution in [0.25, 0.3) is 10.9 Å². The number of benzene rings is 2. The molecule has 0 radical (unpaired) electrons. The summed E-state index contributed by atoms with van der Waals surface area (Å²) in [5.41, 5.74) is -0.0156. The highest BCUT2D eigenvalue weighted by atomic mass is 35.5. The fraction of sp³-hybridized carbons (Fsp3) is 0.250. The third-order valence-corrected chi connectivity index (χ3v) is 5.57. The number of anilines is 1. The number of nitrogens with one attached hydrogen (secondary N) is 1. The van der Waals surface area contributed by atoms with E-state index in [1.165, 1.54) is 11.7 Å². The second-order valence-electron chi connectivity index (χ2n) is 6.38. The summed E-state index contributed by atoms with van der Waals surface area (Å²) in [5.74, 6) is -2.14. The number of methoxy groups -OCH3 is 1. The van der Waals surface area contributed by atoms with Gasteiger partial charge in [-0.25, -0.2) is 13.8 Å². The zero-order valence-electron chi connectivity index (χ0n) is 16.1. The van der Waals surface area contributed by atoms with Gasteiger partial charge in [-0.15, -0.1) is 0 Å². The van der Waals surface area contributed by atoms with Gasteiger partial charge in [-0.05, 0) is 37.3 Å². The minimum atomic E-state index is -0.879. The SMILES string of the molecule is COCCn1c(SC(C)C(=O)Nc2ccc(F)cc2F)nc2cc(Cl)ccc2c1=O. The lowest BCUT2D eigenvalue weighted by Crippen LogP contribution is -2.28. The number of carbonyl (C=O) groups excluding carboxylic acids is 1. The molecule has 3 rings (SSSR count). The van der Waals surface area contributed by atoms with E-state index in [-0.39, 0.29) is 24.4 Å². The molecule has 0 saturated carbocycles. The molecule has 0 bridgehead atoms. The van der Waals surface area contributed by atoms with Gasteiger partial charge in [0.05, 0.1) is 35.0 Å². The van der Waals surface area contributed by atoms with Gasteiger partial charge in [-0.1, -0.05) is 23.4 Å². The minimum Gasteiger partial charge on any atom is -0.383 e. The van der Waals surface area contributed by atoms with Crippen molar-refractivity contribution >= 4 is 45.9 Å². The van der Waals surface area contributed by atoms with E-state index in [9.17, 15) is 18.4 Å². The summed E-state index contributed by atoms with van der Waals surface area (Å²) in [7, 11) is 1.51. The Morgan fingerprint density at radius 3 is 2.77 bits per heavy atom. The Kier molecular flexibility index (Phi) is 7.06. The number of fused-ring (bicyclic) bond motifs is 1. The summed E-state index contributed by atoms with van der Waals surface area (Å²) in [6, 6.07) is 7.65. The lowest BCUT2D eigenvalue weighted by molar-refractivity contribution is -0.115. The monoisotopic (exact) mass is 453 g/mol. The number of rotatable bonds is 7. The van der Waals surface area contributed by atoms with E-state index in [4.69, 9.17) is 16.3 Å². The maximum Gasteiger partial charge on any atom is 0.262 e. The van der Waals surface area contributed by atoms with Crippen molar-refractivity contribution in [1.82, 2.24) is 9.55 Å². The molecule has 0 aliphatic carbocycles. The molecule has 0 aliphatic rings. The van der Waals surface area contributed by atoms with Gasteiger partial charge in [0.15, 0.2) is 5.16 Å². The molecule has 1 N–H and O–H groups in total. The molecule has 1 atom stereocenters. The molecular weight excluding hydrogens is 436 g/mol. The van der Waals surface area contributed by atoms with E-state index < -0.39 is 22.8 Å². The van der Waals surface area contributed by atoms with Gasteiger partial charge in [0.1, 0.15) is 11.6 Å². The third kappa shape index (κ3) is 4.97. The third-order valence-electron chi connectivity index (χ3n) is 4.24. The number of halogens is 3. The molecule has 0 spiro atoms. The predicted molar refractivity (Wildman–Crippen MR) is 113 cm³/mol. The molecule has 0 aliphatic heterocycles. The fourth-order valence-electron chi connectivity index (χ4n) is 2.68. The van der Waals surface area contributed by atoms with E-state index in [1.54, 1.807) is 25.1 Å². The Bertz CT molecular complexity index is 1160. The number of ether oxygens (including phenoxy) is 1. The first-order chi connectivity index (χ1) is 14.3. The van der Waals surface area contributed by atoms with Gasteiger partial charge in [-0.2, -0.15) is 0 Å². The van der Waals surface area contributed by atoms with Crippen LogP contribution in [0.2, 0.25) is 5.02 Å². The van der Waals surface area contributed by atoms with Crippen molar-refractivity contribution in [2.45, 2.75) is 23.9 Å². The van der Waals surface area contributed by atoms with E-state index in [0.29, 0.717) is 27.1 Å². The standard InChI is InChI=1S/C20H18ClF2N3O3S/c1-11(18(27)24-16-6-4-13(22)10-15(16)23)30-20-25-17-9-12(21)3-5-14(17)19(28)26(20)7-8-29-2/h3-6,9-11H,7-8H2,1-2H3,(H,24,27). The molecular formula is C20H18ClF2N3O3S. The van der Waals surface area contributed by atoms with Crippen LogP contribution >= 0.6 is 23.4 Å². The molecule has 30 heavy (non-hydrogen) atoms.